The average Bonchev–Trinajstić information content (AvgIpc) is 2.45. The van der Waals surface area contributed by atoms with Crippen LogP contribution in [0.15, 0.2) is 9.67 Å². The summed E-state index contributed by atoms with van der Waals surface area (Å²) < 4.78 is 13.9. The Morgan fingerprint density at radius 3 is 2.39 bits per heavy atom. The van der Waals surface area contributed by atoms with Gasteiger partial charge in [-0.2, -0.15) is 0 Å². The van der Waals surface area contributed by atoms with Crippen LogP contribution in [0.4, 0.5) is 0 Å². The van der Waals surface area contributed by atoms with Crippen molar-refractivity contribution in [3.63, 3.8) is 0 Å². The third kappa shape index (κ3) is 5.05. The first-order valence-corrected chi connectivity index (χ1v) is 19.0. The standard InChI is InChI=1S/C16H25O3.3CH3.Sn/c1-4-5-6-7-13-10-16(9-8-14(13)17)18-11-15(2,3)12-19-16;;;;/h4,13H,6-12H2,1-3H3;3*1H3;. The molecule has 0 amide bonds. The van der Waals surface area contributed by atoms with Gasteiger partial charge in [0.15, 0.2) is 0 Å². The molecule has 132 valence electrons. The Bertz CT molecular complexity index is 463. The van der Waals surface area contributed by atoms with Gasteiger partial charge in [-0.25, -0.2) is 0 Å². The summed E-state index contributed by atoms with van der Waals surface area (Å²) >= 11 is -2.01. The van der Waals surface area contributed by atoms with Crippen LogP contribution in [0.25, 0.3) is 0 Å². The van der Waals surface area contributed by atoms with E-state index in [0.717, 1.165) is 38.9 Å². The van der Waals surface area contributed by atoms with E-state index in [1.54, 1.807) is 3.59 Å². The Hall–Kier alpha value is 0.129. The number of hydrogen-bond acceptors (Lipinski definition) is 3. The van der Waals surface area contributed by atoms with E-state index in [9.17, 15) is 4.79 Å². The molecule has 1 unspecified atom stereocenters. The molecule has 1 spiro atoms. The normalized spacial score (nSPS) is 28.2. The van der Waals surface area contributed by atoms with E-state index in [0.29, 0.717) is 12.2 Å². The fourth-order valence-corrected chi connectivity index (χ4v) is 8.68. The molecule has 0 aromatic carbocycles. The van der Waals surface area contributed by atoms with Crippen LogP contribution in [0.2, 0.25) is 14.8 Å². The number of carbonyl (C=O) groups is 1. The summed E-state index contributed by atoms with van der Waals surface area (Å²) in [6.45, 7) is 7.94. The molecule has 0 aromatic rings. The Labute approximate surface area is 146 Å². The Balaban J connectivity index is 1.98. The van der Waals surface area contributed by atoms with Crippen LogP contribution < -0.4 is 0 Å². The average molecular weight is 429 g/mol. The summed E-state index contributed by atoms with van der Waals surface area (Å²) in [6, 6.07) is 0. The molecular weight excluding hydrogens is 395 g/mol. The second-order valence-electron chi connectivity index (χ2n) is 9.12. The molecule has 0 radical (unpaired) electrons. The van der Waals surface area contributed by atoms with Gasteiger partial charge in [0.05, 0.1) is 0 Å². The summed E-state index contributed by atoms with van der Waals surface area (Å²) in [5.74, 6) is 0.0237. The molecule has 0 aromatic heterocycles. The zero-order valence-corrected chi connectivity index (χ0v) is 18.7. The maximum absolute atomic E-state index is 12.4. The van der Waals surface area contributed by atoms with Crippen LogP contribution in [0.5, 0.6) is 0 Å². The van der Waals surface area contributed by atoms with Crippen LogP contribution in [0.1, 0.15) is 52.9 Å². The van der Waals surface area contributed by atoms with Crippen molar-refractivity contribution < 1.29 is 14.3 Å². The van der Waals surface area contributed by atoms with E-state index in [1.807, 2.05) is 0 Å². The fourth-order valence-electron chi connectivity index (χ4n) is 3.65. The van der Waals surface area contributed by atoms with Crippen molar-refractivity contribution in [1.29, 1.82) is 0 Å². The van der Waals surface area contributed by atoms with E-state index in [-0.39, 0.29) is 11.3 Å². The van der Waals surface area contributed by atoms with Crippen LogP contribution in [-0.2, 0) is 14.3 Å². The summed E-state index contributed by atoms with van der Waals surface area (Å²) in [5, 5.41) is 0. The van der Waals surface area contributed by atoms with Gasteiger partial charge >= 0.3 is 146 Å². The summed E-state index contributed by atoms with van der Waals surface area (Å²) in [5.41, 5.74) is 0.0843. The van der Waals surface area contributed by atoms with Crippen molar-refractivity contribution in [1.82, 2.24) is 0 Å². The number of ketones is 1. The van der Waals surface area contributed by atoms with Gasteiger partial charge in [0.1, 0.15) is 0 Å². The zero-order valence-electron chi connectivity index (χ0n) is 15.8. The molecule has 1 heterocycles. The third-order valence-corrected chi connectivity index (χ3v) is 12.3. The van der Waals surface area contributed by atoms with Gasteiger partial charge in [-0.15, -0.1) is 0 Å². The zero-order chi connectivity index (χ0) is 17.3. The van der Waals surface area contributed by atoms with Crippen molar-refractivity contribution in [2.75, 3.05) is 13.2 Å². The second-order valence-corrected chi connectivity index (χ2v) is 23.8. The van der Waals surface area contributed by atoms with E-state index < -0.39 is 24.2 Å². The molecule has 1 saturated carbocycles. The number of rotatable bonds is 4. The van der Waals surface area contributed by atoms with Crippen molar-refractivity contribution in [3.8, 4) is 0 Å². The quantitative estimate of drug-likeness (QED) is 0.607. The predicted molar refractivity (Wildman–Crippen MR) is 97.1 cm³/mol. The van der Waals surface area contributed by atoms with E-state index >= 15 is 0 Å². The van der Waals surface area contributed by atoms with Gasteiger partial charge in [0, 0.05) is 0 Å². The molecule has 1 atom stereocenters. The van der Waals surface area contributed by atoms with Crippen LogP contribution >= 0.6 is 0 Å². The van der Waals surface area contributed by atoms with Gasteiger partial charge < -0.3 is 0 Å². The molecular formula is C19H34O3Sn. The van der Waals surface area contributed by atoms with Crippen molar-refractivity contribution in [2.24, 2.45) is 11.3 Å². The molecule has 2 aliphatic rings. The van der Waals surface area contributed by atoms with Crippen molar-refractivity contribution in [3.05, 3.63) is 9.67 Å². The van der Waals surface area contributed by atoms with Gasteiger partial charge in [0.2, 0.25) is 0 Å². The topological polar surface area (TPSA) is 35.5 Å². The molecule has 1 saturated heterocycles. The van der Waals surface area contributed by atoms with Gasteiger partial charge in [-0.3, -0.25) is 0 Å². The van der Waals surface area contributed by atoms with E-state index in [2.05, 4.69) is 41.7 Å². The molecule has 2 fully saturated rings. The molecule has 2 rings (SSSR count). The van der Waals surface area contributed by atoms with Crippen molar-refractivity contribution in [2.45, 2.75) is 73.5 Å². The Kier molecular flexibility index (Phi) is 6.06. The first-order valence-electron chi connectivity index (χ1n) is 9.03. The summed E-state index contributed by atoms with van der Waals surface area (Å²) in [7, 11) is 0. The number of hydrogen-bond donors (Lipinski definition) is 0. The third-order valence-electron chi connectivity index (χ3n) is 5.29. The monoisotopic (exact) mass is 430 g/mol. The maximum atomic E-state index is 12.4. The molecule has 0 bridgehead atoms. The predicted octanol–water partition coefficient (Wildman–Crippen LogP) is 4.73. The van der Waals surface area contributed by atoms with Crippen LogP contribution in [-0.4, -0.2) is 43.2 Å². The fraction of sp³-hybridized carbons (Fsp3) is 0.842. The SMILES string of the molecule is C/C=[C](\CCC1CC2(CCC1=O)OCC(C)(C)CO2)[Sn]([CH3])([CH3])[CH3]. The number of allylic oxidation sites excluding steroid dienone is 2. The molecule has 3 nitrogen and oxygen atoms in total. The molecule has 4 heteroatoms. The summed E-state index contributed by atoms with van der Waals surface area (Å²) in [4.78, 5) is 19.7. The molecule has 23 heavy (non-hydrogen) atoms. The van der Waals surface area contributed by atoms with Crippen molar-refractivity contribution >= 4 is 24.2 Å². The second kappa shape index (κ2) is 7.17. The molecule has 0 N–H and O–H groups in total. The van der Waals surface area contributed by atoms with Gasteiger partial charge in [0.25, 0.3) is 0 Å². The number of carbonyl (C=O) groups excluding carboxylic acids is 1. The van der Waals surface area contributed by atoms with Crippen LogP contribution in [0.3, 0.4) is 0 Å². The van der Waals surface area contributed by atoms with E-state index in [4.69, 9.17) is 9.47 Å². The minimum atomic E-state index is -2.01. The van der Waals surface area contributed by atoms with Gasteiger partial charge in [-0.1, -0.05) is 0 Å². The minimum absolute atomic E-state index is 0.0843. The van der Waals surface area contributed by atoms with Crippen LogP contribution in [0, 0.1) is 11.3 Å². The van der Waals surface area contributed by atoms with E-state index in [1.165, 1.54) is 0 Å². The first kappa shape index (κ1) is 19.5. The number of Topliss-reactive ketones (excluding diaryl/α,β-unsaturated/α-hetero) is 1. The molecule has 1 aliphatic heterocycles. The number of ether oxygens (including phenoxy) is 2. The first-order chi connectivity index (χ1) is 10.6. The van der Waals surface area contributed by atoms with Gasteiger partial charge in [-0.05, 0) is 0 Å². The Morgan fingerprint density at radius 2 is 1.87 bits per heavy atom. The Morgan fingerprint density at radius 1 is 1.26 bits per heavy atom. The molecule has 1 aliphatic carbocycles. The summed E-state index contributed by atoms with van der Waals surface area (Å²) in [6.07, 6.45) is 6.43.